The van der Waals surface area contributed by atoms with Crippen molar-refractivity contribution in [1.82, 2.24) is 24.9 Å². The van der Waals surface area contributed by atoms with E-state index in [1.165, 1.54) is 4.68 Å². The van der Waals surface area contributed by atoms with Crippen molar-refractivity contribution in [2.75, 3.05) is 13.1 Å². The molecule has 8 heteroatoms. The van der Waals surface area contributed by atoms with Gasteiger partial charge < -0.3 is 10.0 Å². The molecule has 0 aromatic carbocycles. The lowest BCUT2D eigenvalue weighted by Crippen LogP contribution is -2.40. The summed E-state index contributed by atoms with van der Waals surface area (Å²) in [5, 5.41) is 20.4. The van der Waals surface area contributed by atoms with Gasteiger partial charge in [0.1, 0.15) is 6.54 Å². The Hall–Kier alpha value is -2.64. The number of carboxylic acid groups (broad SMARTS) is 1. The first-order valence-electron chi connectivity index (χ1n) is 8.72. The summed E-state index contributed by atoms with van der Waals surface area (Å²) in [6, 6.07) is 1.85. The zero-order valence-corrected chi connectivity index (χ0v) is 13.9. The molecule has 0 spiro atoms. The molecule has 4 rings (SSSR count). The zero-order valence-electron chi connectivity index (χ0n) is 13.9. The van der Waals surface area contributed by atoms with E-state index < -0.39 is 5.97 Å². The van der Waals surface area contributed by atoms with Gasteiger partial charge in [0.25, 0.3) is 5.91 Å². The highest BCUT2D eigenvalue weighted by molar-refractivity contribution is 5.94. The quantitative estimate of drug-likeness (QED) is 0.868. The van der Waals surface area contributed by atoms with Crippen molar-refractivity contribution in [2.45, 2.75) is 44.6 Å². The van der Waals surface area contributed by atoms with Gasteiger partial charge in [0.05, 0.1) is 0 Å². The van der Waals surface area contributed by atoms with Gasteiger partial charge in [-0.15, -0.1) is 0 Å². The number of carbonyl (C=O) groups is 2. The Balaban J connectivity index is 1.52. The van der Waals surface area contributed by atoms with Crippen LogP contribution in [0.25, 0.3) is 0 Å². The number of piperidine rings is 1. The number of fused-ring (bicyclic) bond motifs is 1. The fraction of sp³-hybridized carbons (Fsp3) is 0.529. The molecule has 2 aromatic rings. The molecular weight excluding hydrogens is 322 g/mol. The molecule has 1 fully saturated rings. The average molecular weight is 343 g/mol. The molecule has 1 atom stereocenters. The van der Waals surface area contributed by atoms with Gasteiger partial charge >= 0.3 is 5.97 Å². The Bertz CT molecular complexity index is 809. The van der Waals surface area contributed by atoms with Crippen molar-refractivity contribution in [3.8, 4) is 0 Å². The summed E-state index contributed by atoms with van der Waals surface area (Å²) in [6.45, 7) is 1.13. The molecular formula is C17H21N5O3. The molecule has 8 nitrogen and oxygen atoms in total. The van der Waals surface area contributed by atoms with E-state index >= 15 is 0 Å². The number of H-pyrrole nitrogens is 1. The van der Waals surface area contributed by atoms with Gasteiger partial charge in [-0.3, -0.25) is 19.4 Å². The number of aromatic amines is 1. The molecule has 1 saturated heterocycles. The molecule has 1 aliphatic carbocycles. The van der Waals surface area contributed by atoms with Crippen LogP contribution in [0.1, 0.15) is 52.6 Å². The minimum atomic E-state index is -0.916. The van der Waals surface area contributed by atoms with Crippen LogP contribution in [0.15, 0.2) is 12.3 Å². The summed E-state index contributed by atoms with van der Waals surface area (Å²) in [5.41, 5.74) is 3.61. The van der Waals surface area contributed by atoms with Crippen LogP contribution in [-0.4, -0.2) is 55.0 Å². The molecule has 132 valence electrons. The molecule has 2 aliphatic rings. The minimum absolute atomic E-state index is 0.0200. The number of aliphatic carboxylic acids is 1. The number of carboxylic acids is 1. The van der Waals surface area contributed by atoms with Crippen LogP contribution in [-0.2, 0) is 24.2 Å². The lowest BCUT2D eigenvalue weighted by Gasteiger charge is -2.32. The van der Waals surface area contributed by atoms with Crippen molar-refractivity contribution in [3.05, 3.63) is 34.9 Å². The standard InChI is InChI=1S/C17H21N5O3/c23-15(24)10-22-14(6-7-18-22)11-3-2-8-21(9-11)17(25)16-12-4-1-5-13(12)19-20-16/h6-7,11H,1-5,8-10H2,(H,19,20)(H,23,24). The number of hydrogen-bond acceptors (Lipinski definition) is 4. The summed E-state index contributed by atoms with van der Waals surface area (Å²) in [6.07, 6.45) is 6.39. The first-order chi connectivity index (χ1) is 12.1. The maximum absolute atomic E-state index is 12.9. The first kappa shape index (κ1) is 15.9. The molecule has 1 unspecified atom stereocenters. The predicted molar refractivity (Wildman–Crippen MR) is 88.4 cm³/mol. The van der Waals surface area contributed by atoms with Crippen molar-refractivity contribution in [3.63, 3.8) is 0 Å². The number of hydrogen-bond donors (Lipinski definition) is 2. The summed E-state index contributed by atoms with van der Waals surface area (Å²) in [7, 11) is 0. The van der Waals surface area contributed by atoms with Crippen molar-refractivity contribution in [1.29, 1.82) is 0 Å². The maximum Gasteiger partial charge on any atom is 0.325 e. The third-order valence-corrected chi connectivity index (χ3v) is 5.17. The van der Waals surface area contributed by atoms with Gasteiger partial charge in [-0.25, -0.2) is 0 Å². The zero-order chi connectivity index (χ0) is 17.4. The maximum atomic E-state index is 12.9. The highest BCUT2D eigenvalue weighted by atomic mass is 16.4. The number of nitrogens with one attached hydrogen (secondary N) is 1. The van der Waals surface area contributed by atoms with Crippen molar-refractivity contribution in [2.24, 2.45) is 0 Å². The SMILES string of the molecule is O=C(O)Cn1nccc1C1CCCN(C(=O)c2n[nH]c3c2CCC3)C1. The Morgan fingerprint density at radius 3 is 3.04 bits per heavy atom. The number of likely N-dealkylation sites (tertiary alicyclic amines) is 1. The normalized spacial score (nSPS) is 19.8. The van der Waals surface area contributed by atoms with E-state index in [1.807, 2.05) is 11.0 Å². The van der Waals surface area contributed by atoms with Crippen LogP contribution in [0.3, 0.4) is 0 Å². The van der Waals surface area contributed by atoms with Crippen LogP contribution >= 0.6 is 0 Å². The molecule has 1 amide bonds. The largest absolute Gasteiger partial charge is 0.480 e. The Morgan fingerprint density at radius 1 is 1.32 bits per heavy atom. The number of aryl methyl sites for hydroxylation is 1. The molecule has 1 aliphatic heterocycles. The van der Waals surface area contributed by atoms with E-state index in [2.05, 4.69) is 15.3 Å². The number of nitrogens with zero attached hydrogens (tertiary/aromatic N) is 4. The van der Waals surface area contributed by atoms with Gasteiger partial charge in [0.15, 0.2) is 5.69 Å². The van der Waals surface area contributed by atoms with Crippen LogP contribution in [0, 0.1) is 0 Å². The highest BCUT2D eigenvalue weighted by Gasteiger charge is 2.31. The minimum Gasteiger partial charge on any atom is -0.480 e. The Morgan fingerprint density at radius 2 is 2.20 bits per heavy atom. The fourth-order valence-electron chi connectivity index (χ4n) is 4.00. The first-order valence-corrected chi connectivity index (χ1v) is 8.72. The highest BCUT2D eigenvalue weighted by Crippen LogP contribution is 2.29. The van der Waals surface area contributed by atoms with Gasteiger partial charge in [0, 0.05) is 42.2 Å². The van der Waals surface area contributed by atoms with Crippen LogP contribution in [0.4, 0.5) is 0 Å². The van der Waals surface area contributed by atoms with Gasteiger partial charge in [-0.1, -0.05) is 0 Å². The van der Waals surface area contributed by atoms with E-state index in [1.54, 1.807) is 6.20 Å². The van der Waals surface area contributed by atoms with E-state index in [-0.39, 0.29) is 18.4 Å². The third-order valence-electron chi connectivity index (χ3n) is 5.17. The number of carbonyl (C=O) groups excluding carboxylic acids is 1. The summed E-state index contributed by atoms with van der Waals surface area (Å²) in [4.78, 5) is 25.8. The molecule has 2 N–H and O–H groups in total. The van der Waals surface area contributed by atoms with Crippen LogP contribution in [0.2, 0.25) is 0 Å². The number of amides is 1. The van der Waals surface area contributed by atoms with E-state index in [0.717, 1.165) is 49.1 Å². The smallest absolute Gasteiger partial charge is 0.325 e. The summed E-state index contributed by atoms with van der Waals surface area (Å²) in [5.74, 6) is -0.833. The lowest BCUT2D eigenvalue weighted by atomic mass is 9.94. The molecule has 2 aromatic heterocycles. The lowest BCUT2D eigenvalue weighted by molar-refractivity contribution is -0.137. The van der Waals surface area contributed by atoms with Crippen molar-refractivity contribution < 1.29 is 14.7 Å². The Labute approximate surface area is 144 Å². The topological polar surface area (TPSA) is 104 Å². The fourth-order valence-corrected chi connectivity index (χ4v) is 4.00. The van der Waals surface area contributed by atoms with Gasteiger partial charge in [0.2, 0.25) is 0 Å². The van der Waals surface area contributed by atoms with E-state index in [9.17, 15) is 9.59 Å². The average Bonchev–Trinajstić information content (AvgIpc) is 3.30. The summed E-state index contributed by atoms with van der Waals surface area (Å²) >= 11 is 0. The summed E-state index contributed by atoms with van der Waals surface area (Å²) < 4.78 is 1.52. The third kappa shape index (κ3) is 2.92. The van der Waals surface area contributed by atoms with E-state index in [4.69, 9.17) is 5.11 Å². The second-order valence-corrected chi connectivity index (χ2v) is 6.78. The second-order valence-electron chi connectivity index (χ2n) is 6.78. The number of rotatable bonds is 4. The number of aromatic nitrogens is 4. The second kappa shape index (κ2) is 6.34. The molecule has 3 heterocycles. The molecule has 0 bridgehead atoms. The Kier molecular flexibility index (Phi) is 4.03. The predicted octanol–water partition coefficient (Wildman–Crippen LogP) is 1.20. The van der Waals surface area contributed by atoms with Crippen LogP contribution < -0.4 is 0 Å². The molecule has 25 heavy (non-hydrogen) atoms. The van der Waals surface area contributed by atoms with Gasteiger partial charge in [-0.2, -0.15) is 10.2 Å². The molecule has 0 saturated carbocycles. The van der Waals surface area contributed by atoms with Gasteiger partial charge in [-0.05, 0) is 38.2 Å². The van der Waals surface area contributed by atoms with Crippen LogP contribution in [0.5, 0.6) is 0 Å². The van der Waals surface area contributed by atoms with E-state index in [0.29, 0.717) is 18.8 Å². The monoisotopic (exact) mass is 343 g/mol. The molecule has 0 radical (unpaired) electrons. The van der Waals surface area contributed by atoms with Crippen molar-refractivity contribution >= 4 is 11.9 Å².